The van der Waals surface area contributed by atoms with Crippen LogP contribution in [0.1, 0.15) is 26.2 Å². The van der Waals surface area contributed by atoms with Crippen molar-refractivity contribution in [2.45, 2.75) is 32.2 Å². The first-order valence-electron chi connectivity index (χ1n) is 5.55. The van der Waals surface area contributed by atoms with Gasteiger partial charge in [-0.1, -0.05) is 6.42 Å². The van der Waals surface area contributed by atoms with E-state index >= 15 is 0 Å². The molecule has 0 saturated carbocycles. The number of carboxylic acid groups (broad SMARTS) is 3. The van der Waals surface area contributed by atoms with E-state index in [0.29, 0.717) is 19.0 Å². The summed E-state index contributed by atoms with van der Waals surface area (Å²) >= 11 is 0. The van der Waals surface area contributed by atoms with E-state index in [4.69, 9.17) is 26.8 Å². The molecule has 0 radical (unpaired) electrons. The van der Waals surface area contributed by atoms with Crippen molar-refractivity contribution in [3.63, 3.8) is 0 Å². The van der Waals surface area contributed by atoms with E-state index < -0.39 is 23.9 Å². The summed E-state index contributed by atoms with van der Waals surface area (Å²) in [6, 6.07) is -0.716. The van der Waals surface area contributed by atoms with Gasteiger partial charge in [0.05, 0.1) is 0 Å². The van der Waals surface area contributed by atoms with Crippen LogP contribution in [-0.4, -0.2) is 45.8 Å². The van der Waals surface area contributed by atoms with E-state index in [9.17, 15) is 14.4 Å². The van der Waals surface area contributed by atoms with Crippen molar-refractivity contribution in [1.82, 2.24) is 0 Å². The van der Waals surface area contributed by atoms with Crippen LogP contribution in [0.15, 0.2) is 11.6 Å². The minimum absolute atomic E-state index is 0.178. The summed E-state index contributed by atoms with van der Waals surface area (Å²) in [5, 5.41) is 24.4. The number of hydrogen-bond acceptors (Lipinski definition) is 5. The number of hydrogen-bond donors (Lipinski definition) is 5. The van der Waals surface area contributed by atoms with Gasteiger partial charge in [0.15, 0.2) is 0 Å². The maximum atomic E-state index is 10.1. The molecule has 0 aromatic carbocycles. The van der Waals surface area contributed by atoms with Crippen molar-refractivity contribution >= 4 is 17.9 Å². The van der Waals surface area contributed by atoms with Crippen molar-refractivity contribution in [2.75, 3.05) is 6.54 Å². The molecule has 0 bridgehead atoms. The van der Waals surface area contributed by atoms with E-state index in [1.54, 1.807) is 0 Å². The molecular weight excluding hydrogens is 256 g/mol. The van der Waals surface area contributed by atoms with Crippen LogP contribution in [0.4, 0.5) is 0 Å². The lowest BCUT2D eigenvalue weighted by atomic mass is 10.1. The fourth-order valence-corrected chi connectivity index (χ4v) is 0.879. The Morgan fingerprint density at radius 1 is 1.16 bits per heavy atom. The van der Waals surface area contributed by atoms with E-state index in [1.165, 1.54) is 6.92 Å². The van der Waals surface area contributed by atoms with Crippen LogP contribution in [0.25, 0.3) is 0 Å². The molecular formula is C11H20N2O6. The molecule has 1 atom stereocenters. The van der Waals surface area contributed by atoms with E-state index in [1.807, 2.05) is 0 Å². The lowest BCUT2D eigenvalue weighted by Crippen LogP contribution is -2.29. The summed E-state index contributed by atoms with van der Waals surface area (Å²) in [7, 11) is 0. The monoisotopic (exact) mass is 276 g/mol. The Balaban J connectivity index is 0. The Morgan fingerprint density at radius 2 is 1.68 bits per heavy atom. The quantitative estimate of drug-likeness (QED) is 0.310. The Bertz CT molecular complexity index is 340. The third kappa shape index (κ3) is 14.0. The summed E-state index contributed by atoms with van der Waals surface area (Å²) in [6.07, 6.45) is 2.81. The smallest absolute Gasteiger partial charge is 0.331 e. The zero-order chi connectivity index (χ0) is 15.4. The van der Waals surface area contributed by atoms with Crippen LogP contribution in [0.5, 0.6) is 0 Å². The normalized spacial score (nSPS) is 12.1. The molecule has 0 aliphatic heterocycles. The zero-order valence-electron chi connectivity index (χ0n) is 10.7. The third-order valence-corrected chi connectivity index (χ3v) is 1.96. The van der Waals surface area contributed by atoms with Gasteiger partial charge in [0.2, 0.25) is 0 Å². The molecule has 7 N–H and O–H groups in total. The van der Waals surface area contributed by atoms with Gasteiger partial charge in [-0.2, -0.15) is 0 Å². The van der Waals surface area contributed by atoms with Crippen molar-refractivity contribution in [3.8, 4) is 0 Å². The maximum Gasteiger partial charge on any atom is 0.331 e. The molecule has 0 fully saturated rings. The SMILES string of the molecule is C/C(=C\C(=O)O)C(=O)O.NCCCCC(N)C(=O)O. The van der Waals surface area contributed by atoms with Crippen molar-refractivity contribution in [1.29, 1.82) is 0 Å². The Labute approximate surface area is 110 Å². The highest BCUT2D eigenvalue weighted by Crippen LogP contribution is 1.97. The first-order chi connectivity index (χ1) is 8.72. The van der Waals surface area contributed by atoms with Crippen LogP contribution in [0.3, 0.4) is 0 Å². The molecule has 0 saturated heterocycles. The largest absolute Gasteiger partial charge is 0.480 e. The molecule has 8 heteroatoms. The highest BCUT2D eigenvalue weighted by molar-refractivity contribution is 5.93. The predicted octanol–water partition coefficient (Wildman–Crippen LogP) is -0.371. The Kier molecular flexibility index (Phi) is 11.4. The first kappa shape index (κ1) is 19.4. The van der Waals surface area contributed by atoms with Crippen LogP contribution in [-0.2, 0) is 14.4 Å². The van der Waals surface area contributed by atoms with Gasteiger partial charge < -0.3 is 26.8 Å². The Hall–Kier alpha value is -1.93. The fourth-order valence-electron chi connectivity index (χ4n) is 0.879. The molecule has 0 aromatic heterocycles. The number of carbonyl (C=O) groups is 3. The van der Waals surface area contributed by atoms with Gasteiger partial charge in [0, 0.05) is 11.6 Å². The standard InChI is InChI=1S/C6H14N2O2.C5H6O4/c7-4-2-1-3-5(8)6(9)10;1-3(5(8)9)2-4(6)7/h5H,1-4,7-8H2,(H,9,10);2H,1H3,(H,6,7)(H,8,9)/b;3-2+. The van der Waals surface area contributed by atoms with Crippen LogP contribution < -0.4 is 11.5 Å². The topological polar surface area (TPSA) is 164 Å². The molecule has 0 rings (SSSR count). The second kappa shape index (κ2) is 11.2. The second-order valence-electron chi connectivity index (χ2n) is 3.70. The number of unbranched alkanes of at least 4 members (excludes halogenated alkanes) is 1. The van der Waals surface area contributed by atoms with Gasteiger partial charge in [0.1, 0.15) is 6.04 Å². The summed E-state index contributed by atoms with van der Waals surface area (Å²) < 4.78 is 0. The molecule has 0 aromatic rings. The highest BCUT2D eigenvalue weighted by Gasteiger charge is 2.09. The Morgan fingerprint density at radius 3 is 1.95 bits per heavy atom. The van der Waals surface area contributed by atoms with Gasteiger partial charge >= 0.3 is 17.9 Å². The van der Waals surface area contributed by atoms with Gasteiger partial charge in [-0.25, -0.2) is 9.59 Å². The van der Waals surface area contributed by atoms with Crippen molar-refractivity contribution in [3.05, 3.63) is 11.6 Å². The second-order valence-corrected chi connectivity index (χ2v) is 3.70. The van der Waals surface area contributed by atoms with Crippen LogP contribution in [0.2, 0.25) is 0 Å². The average Bonchev–Trinajstić information content (AvgIpc) is 2.28. The summed E-state index contributed by atoms with van der Waals surface area (Å²) in [6.45, 7) is 1.82. The molecule has 0 aliphatic rings. The summed E-state index contributed by atoms with van der Waals surface area (Å²) in [5.74, 6) is -3.38. The maximum absolute atomic E-state index is 10.1. The van der Waals surface area contributed by atoms with Gasteiger partial charge in [0.25, 0.3) is 0 Å². The van der Waals surface area contributed by atoms with Gasteiger partial charge in [-0.15, -0.1) is 0 Å². The molecule has 110 valence electrons. The third-order valence-electron chi connectivity index (χ3n) is 1.96. The number of nitrogens with two attached hydrogens (primary N) is 2. The number of rotatable bonds is 7. The van der Waals surface area contributed by atoms with E-state index in [-0.39, 0.29) is 5.57 Å². The molecule has 0 heterocycles. The predicted molar refractivity (Wildman–Crippen MR) is 67.5 cm³/mol. The van der Waals surface area contributed by atoms with Crippen molar-refractivity contribution in [2.24, 2.45) is 11.5 Å². The van der Waals surface area contributed by atoms with Gasteiger partial charge in [-0.3, -0.25) is 4.79 Å². The molecule has 0 spiro atoms. The van der Waals surface area contributed by atoms with E-state index in [0.717, 1.165) is 12.8 Å². The summed E-state index contributed by atoms with van der Waals surface area (Å²) in [5.41, 5.74) is 10.2. The minimum atomic E-state index is -1.24. The fraction of sp³-hybridized carbons (Fsp3) is 0.545. The van der Waals surface area contributed by atoms with Crippen LogP contribution in [0, 0.1) is 0 Å². The number of carboxylic acids is 3. The molecule has 19 heavy (non-hydrogen) atoms. The molecule has 8 nitrogen and oxygen atoms in total. The van der Waals surface area contributed by atoms with Crippen molar-refractivity contribution < 1.29 is 29.7 Å². The first-order valence-corrected chi connectivity index (χ1v) is 5.55. The molecule has 0 aliphatic carbocycles. The average molecular weight is 276 g/mol. The lowest BCUT2D eigenvalue weighted by Gasteiger charge is -2.03. The zero-order valence-corrected chi connectivity index (χ0v) is 10.7. The lowest BCUT2D eigenvalue weighted by molar-refractivity contribution is -0.138. The minimum Gasteiger partial charge on any atom is -0.480 e. The summed E-state index contributed by atoms with van der Waals surface area (Å²) in [4.78, 5) is 29.8. The highest BCUT2D eigenvalue weighted by atomic mass is 16.4. The van der Waals surface area contributed by atoms with Gasteiger partial charge in [-0.05, 0) is 26.3 Å². The molecule has 0 amide bonds. The number of aliphatic carboxylic acids is 3. The molecule has 1 unspecified atom stereocenters. The van der Waals surface area contributed by atoms with E-state index in [2.05, 4.69) is 0 Å². The van der Waals surface area contributed by atoms with Crippen LogP contribution >= 0.6 is 0 Å².